The van der Waals surface area contributed by atoms with Gasteiger partial charge in [-0.3, -0.25) is 0 Å². The number of para-hydroxylation sites is 2. The van der Waals surface area contributed by atoms with Crippen molar-refractivity contribution in [2.75, 3.05) is 9.80 Å². The first-order chi connectivity index (χ1) is 30.7. The first-order valence-corrected chi connectivity index (χ1v) is 22.7. The highest BCUT2D eigenvalue weighted by atomic mass is 32.1. The van der Waals surface area contributed by atoms with Crippen molar-refractivity contribution in [2.45, 2.75) is 0 Å². The summed E-state index contributed by atoms with van der Waals surface area (Å²) in [5.74, 6) is 0. The van der Waals surface area contributed by atoms with Crippen LogP contribution in [0.3, 0.4) is 0 Å². The zero-order valence-electron chi connectivity index (χ0n) is 33.5. The van der Waals surface area contributed by atoms with Gasteiger partial charge in [0.15, 0.2) is 0 Å². The standard InChI is InChI=1S/C58H36N2S2/c1-3-18-43(19-4-1)59(45-25-27-49-51-30-38-14-7-9-16-40(38)32-54(51)61-56(49)35-45)47-29-42-24-23-37-13-11-12-22-48(37)58(42)53(34-47)60(44-20-5-2-6-21-44)46-26-28-50-52-31-39-15-8-10-17-41(39)33-55(52)62-57(50)36-46/h1-36H. The second-order valence-electron chi connectivity index (χ2n) is 16.1. The van der Waals surface area contributed by atoms with Crippen molar-refractivity contribution >= 4 is 140 Å². The summed E-state index contributed by atoms with van der Waals surface area (Å²) in [6, 6.07) is 80.7. The average molecular weight is 825 g/mol. The van der Waals surface area contributed by atoms with E-state index in [-0.39, 0.29) is 0 Å². The number of fused-ring (bicyclic) bond motifs is 11. The molecule has 2 nitrogen and oxygen atoms in total. The molecule has 2 aromatic heterocycles. The van der Waals surface area contributed by atoms with Crippen LogP contribution in [0.5, 0.6) is 0 Å². The van der Waals surface area contributed by atoms with Crippen LogP contribution in [0, 0.1) is 0 Å². The zero-order valence-corrected chi connectivity index (χ0v) is 35.1. The molecule has 0 N–H and O–H groups in total. The van der Waals surface area contributed by atoms with Gasteiger partial charge in [-0.2, -0.15) is 0 Å². The molecule has 290 valence electrons. The quantitative estimate of drug-likeness (QED) is 0.154. The van der Waals surface area contributed by atoms with Crippen molar-refractivity contribution in [3.8, 4) is 0 Å². The third-order valence-electron chi connectivity index (χ3n) is 12.5. The molecule has 13 rings (SSSR count). The predicted octanol–water partition coefficient (Wildman–Crippen LogP) is 18.0. The van der Waals surface area contributed by atoms with E-state index in [4.69, 9.17) is 0 Å². The van der Waals surface area contributed by atoms with E-state index in [0.29, 0.717) is 0 Å². The summed E-state index contributed by atoms with van der Waals surface area (Å²) in [7, 11) is 0. The van der Waals surface area contributed by atoms with Crippen molar-refractivity contribution in [2.24, 2.45) is 0 Å². The van der Waals surface area contributed by atoms with E-state index in [2.05, 4.69) is 228 Å². The van der Waals surface area contributed by atoms with E-state index < -0.39 is 0 Å². The maximum absolute atomic E-state index is 2.47. The van der Waals surface area contributed by atoms with E-state index in [0.717, 1.165) is 34.1 Å². The van der Waals surface area contributed by atoms with Crippen molar-refractivity contribution in [3.05, 3.63) is 218 Å². The number of anilines is 6. The Hall–Kier alpha value is -7.50. The van der Waals surface area contributed by atoms with Crippen molar-refractivity contribution in [3.63, 3.8) is 0 Å². The van der Waals surface area contributed by atoms with Gasteiger partial charge in [-0.15, -0.1) is 22.7 Å². The molecule has 0 aliphatic rings. The Bertz CT molecular complexity index is 3890. The van der Waals surface area contributed by atoms with Crippen LogP contribution in [0.1, 0.15) is 0 Å². The fourth-order valence-corrected chi connectivity index (χ4v) is 12.0. The highest BCUT2D eigenvalue weighted by Gasteiger charge is 2.23. The number of nitrogens with zero attached hydrogens (tertiary/aromatic N) is 2. The molecule has 62 heavy (non-hydrogen) atoms. The van der Waals surface area contributed by atoms with E-state index in [1.165, 1.54) is 83.4 Å². The summed E-state index contributed by atoms with van der Waals surface area (Å²) in [5.41, 5.74) is 6.68. The minimum atomic E-state index is 1.09. The molecule has 0 aliphatic heterocycles. The molecule has 0 aliphatic carbocycles. The molecule has 13 aromatic rings. The summed E-state index contributed by atoms with van der Waals surface area (Å²) in [5, 5.41) is 15.1. The zero-order chi connectivity index (χ0) is 40.7. The maximum atomic E-state index is 2.47. The van der Waals surface area contributed by atoms with Gasteiger partial charge in [-0.25, -0.2) is 0 Å². The summed E-state index contributed by atoms with van der Waals surface area (Å²) >= 11 is 3.75. The van der Waals surface area contributed by atoms with Gasteiger partial charge in [-0.05, 0) is 123 Å². The molecular weight excluding hydrogens is 789 g/mol. The normalized spacial score (nSPS) is 11.9. The fraction of sp³-hybridized carbons (Fsp3) is 0. The third-order valence-corrected chi connectivity index (χ3v) is 14.7. The van der Waals surface area contributed by atoms with Gasteiger partial charge < -0.3 is 9.80 Å². The van der Waals surface area contributed by atoms with Crippen LogP contribution in [0.4, 0.5) is 34.1 Å². The smallest absolute Gasteiger partial charge is 0.0567 e. The molecule has 0 bridgehead atoms. The van der Waals surface area contributed by atoms with Gasteiger partial charge in [-0.1, -0.05) is 133 Å². The molecule has 0 fully saturated rings. The summed E-state index contributed by atoms with van der Waals surface area (Å²) < 4.78 is 5.16. The molecule has 2 heterocycles. The Balaban J connectivity index is 1.06. The summed E-state index contributed by atoms with van der Waals surface area (Å²) in [6.07, 6.45) is 0. The van der Waals surface area contributed by atoms with Crippen LogP contribution >= 0.6 is 22.7 Å². The first kappa shape index (κ1) is 35.3. The van der Waals surface area contributed by atoms with E-state index in [1.807, 2.05) is 22.7 Å². The molecule has 0 amide bonds. The Morgan fingerprint density at radius 2 is 0.694 bits per heavy atom. The van der Waals surface area contributed by atoms with Gasteiger partial charge in [0.25, 0.3) is 0 Å². The molecular formula is C58H36N2S2. The highest BCUT2D eigenvalue weighted by molar-refractivity contribution is 7.26. The van der Waals surface area contributed by atoms with Gasteiger partial charge >= 0.3 is 0 Å². The van der Waals surface area contributed by atoms with Crippen LogP contribution in [-0.4, -0.2) is 0 Å². The lowest BCUT2D eigenvalue weighted by atomic mass is 9.97. The van der Waals surface area contributed by atoms with Crippen LogP contribution in [-0.2, 0) is 0 Å². The third kappa shape index (κ3) is 5.69. The Morgan fingerprint density at radius 1 is 0.242 bits per heavy atom. The Kier molecular flexibility index (Phi) is 7.99. The average Bonchev–Trinajstić information content (AvgIpc) is 3.86. The molecule has 0 radical (unpaired) electrons. The molecule has 0 unspecified atom stereocenters. The first-order valence-electron chi connectivity index (χ1n) is 21.1. The van der Waals surface area contributed by atoms with Gasteiger partial charge in [0.2, 0.25) is 0 Å². The van der Waals surface area contributed by atoms with Crippen molar-refractivity contribution in [1.82, 2.24) is 0 Å². The Labute approximate surface area is 366 Å². The number of thiophene rings is 2. The fourth-order valence-electron chi connectivity index (χ4n) is 9.62. The second-order valence-corrected chi connectivity index (χ2v) is 18.3. The highest BCUT2D eigenvalue weighted by Crippen LogP contribution is 2.49. The molecule has 0 saturated carbocycles. The molecule has 4 heteroatoms. The van der Waals surface area contributed by atoms with Crippen molar-refractivity contribution < 1.29 is 0 Å². The Morgan fingerprint density at radius 3 is 1.27 bits per heavy atom. The number of benzene rings is 11. The van der Waals surface area contributed by atoms with Crippen LogP contribution < -0.4 is 9.80 Å². The number of rotatable bonds is 6. The molecule has 11 aromatic carbocycles. The topological polar surface area (TPSA) is 6.48 Å². The van der Waals surface area contributed by atoms with Gasteiger partial charge in [0, 0.05) is 74.2 Å². The number of hydrogen-bond acceptors (Lipinski definition) is 4. The van der Waals surface area contributed by atoms with E-state index in [1.54, 1.807) is 0 Å². The minimum Gasteiger partial charge on any atom is -0.310 e. The minimum absolute atomic E-state index is 1.09. The lowest BCUT2D eigenvalue weighted by Crippen LogP contribution is -2.14. The van der Waals surface area contributed by atoms with Crippen LogP contribution in [0.2, 0.25) is 0 Å². The van der Waals surface area contributed by atoms with Crippen LogP contribution in [0.25, 0.3) is 83.4 Å². The number of hydrogen-bond donors (Lipinski definition) is 0. The lowest BCUT2D eigenvalue weighted by molar-refractivity contribution is 1.27. The summed E-state index contributed by atoms with van der Waals surface area (Å²) in [4.78, 5) is 4.91. The van der Waals surface area contributed by atoms with E-state index in [9.17, 15) is 0 Å². The molecule has 0 saturated heterocycles. The molecule has 0 atom stereocenters. The summed E-state index contributed by atoms with van der Waals surface area (Å²) in [6.45, 7) is 0. The second kappa shape index (κ2) is 14.0. The van der Waals surface area contributed by atoms with Gasteiger partial charge in [0.05, 0.1) is 5.69 Å². The van der Waals surface area contributed by atoms with E-state index >= 15 is 0 Å². The predicted molar refractivity (Wildman–Crippen MR) is 272 cm³/mol. The van der Waals surface area contributed by atoms with Crippen molar-refractivity contribution in [1.29, 1.82) is 0 Å². The maximum Gasteiger partial charge on any atom is 0.0567 e. The van der Waals surface area contributed by atoms with Gasteiger partial charge in [0.1, 0.15) is 0 Å². The molecule has 0 spiro atoms. The lowest BCUT2D eigenvalue weighted by Gasteiger charge is -2.31. The SMILES string of the molecule is c1ccc(N(c2cc(N(c3ccccc3)c3ccc4c(c3)sc3cc5ccccc5cc34)c3c(ccc4ccccc43)c2)c2ccc3c(c2)sc2cc4ccccc4cc23)cc1. The monoisotopic (exact) mass is 824 g/mol. The van der Waals surface area contributed by atoms with Crippen LogP contribution in [0.15, 0.2) is 218 Å². The largest absolute Gasteiger partial charge is 0.310 e.